The fourth-order valence-electron chi connectivity index (χ4n) is 0. The Kier molecular flexibility index (Phi) is 16.0. The number of hydrogen-bond acceptors (Lipinski definition) is 3. The maximum absolute atomic E-state index is 8.88. The zero-order chi connectivity index (χ0) is 13.5. The van der Waals surface area contributed by atoms with Crippen molar-refractivity contribution in [3.8, 4) is 0 Å². The number of hydrogen-bond donors (Lipinski definition) is 9. The van der Waals surface area contributed by atoms with Crippen LogP contribution in [-0.2, 0) is 34.1 Å². The third kappa shape index (κ3) is 2980. The molecule has 16 heavy (non-hydrogen) atoms. The minimum absolute atomic E-state index is 0. The average Bonchev–Trinajstić information content (AvgIpc) is 1.41. The van der Waals surface area contributed by atoms with Crippen LogP contribution in [0.15, 0.2) is 0 Å². The van der Waals surface area contributed by atoms with Crippen LogP contribution >= 0.6 is 23.5 Å². The summed E-state index contributed by atoms with van der Waals surface area (Å²) in [6.45, 7) is 0. The SMILES string of the molecule is O=P(O)(O)O.O=P(O)(O)O.O=P(O)(O)O.[Pd]. The van der Waals surface area contributed by atoms with Crippen molar-refractivity contribution in [1.29, 1.82) is 0 Å². The first-order chi connectivity index (χ1) is 6.00. The van der Waals surface area contributed by atoms with Crippen molar-refractivity contribution in [3.05, 3.63) is 0 Å². The van der Waals surface area contributed by atoms with Crippen LogP contribution in [0.3, 0.4) is 0 Å². The van der Waals surface area contributed by atoms with Gasteiger partial charge in [-0.25, -0.2) is 13.7 Å². The minimum Gasteiger partial charge on any atom is -0.303 e. The number of phosphoric acid groups is 3. The summed E-state index contributed by atoms with van der Waals surface area (Å²) < 4.78 is 26.6. The predicted molar refractivity (Wildman–Crippen MR) is 42.8 cm³/mol. The summed E-state index contributed by atoms with van der Waals surface area (Å²) in [5.41, 5.74) is 0. The van der Waals surface area contributed by atoms with Crippen LogP contribution in [0.4, 0.5) is 0 Å². The Bertz CT molecular complexity index is 202. The quantitative estimate of drug-likeness (QED) is 0.148. The van der Waals surface area contributed by atoms with E-state index in [0.29, 0.717) is 0 Å². The molecular formula is H9O12P3Pd. The fraction of sp³-hybridized carbons (Fsp3) is 0. The van der Waals surface area contributed by atoms with Gasteiger partial charge in [-0.3, -0.25) is 0 Å². The molecular weight excluding hydrogens is 391 g/mol. The first-order valence-electron chi connectivity index (χ1n) is 2.35. The molecule has 0 unspecified atom stereocenters. The molecule has 0 aromatic heterocycles. The molecule has 0 rings (SSSR count). The van der Waals surface area contributed by atoms with Crippen molar-refractivity contribution >= 4 is 23.5 Å². The second-order valence-electron chi connectivity index (χ2n) is 1.54. The van der Waals surface area contributed by atoms with Gasteiger partial charge in [0.1, 0.15) is 0 Å². The largest absolute Gasteiger partial charge is 0.466 e. The summed E-state index contributed by atoms with van der Waals surface area (Å²) in [5, 5.41) is 0. The van der Waals surface area contributed by atoms with Crippen LogP contribution in [0.5, 0.6) is 0 Å². The van der Waals surface area contributed by atoms with Crippen molar-refractivity contribution in [2.24, 2.45) is 0 Å². The molecule has 0 spiro atoms. The van der Waals surface area contributed by atoms with Crippen LogP contribution in [0.2, 0.25) is 0 Å². The Morgan fingerprint density at radius 3 is 0.438 bits per heavy atom. The third-order valence-corrected chi connectivity index (χ3v) is 0. The van der Waals surface area contributed by atoms with E-state index in [0.717, 1.165) is 0 Å². The van der Waals surface area contributed by atoms with Gasteiger partial charge in [0.15, 0.2) is 0 Å². The molecule has 0 saturated carbocycles. The summed E-state index contributed by atoms with van der Waals surface area (Å²) in [5.74, 6) is 0. The predicted octanol–water partition coefficient (Wildman–Crippen LogP) is -2.79. The van der Waals surface area contributed by atoms with E-state index in [2.05, 4.69) is 0 Å². The summed E-state index contributed by atoms with van der Waals surface area (Å²) in [7, 11) is -13.9. The van der Waals surface area contributed by atoms with Crippen molar-refractivity contribution in [2.75, 3.05) is 0 Å². The zero-order valence-electron chi connectivity index (χ0n) is 6.91. The van der Waals surface area contributed by atoms with Crippen molar-refractivity contribution < 1.29 is 78.2 Å². The third-order valence-electron chi connectivity index (χ3n) is 0. The molecule has 0 aromatic carbocycles. The summed E-state index contributed by atoms with van der Waals surface area (Å²) >= 11 is 0. The first-order valence-corrected chi connectivity index (χ1v) is 7.04. The molecule has 0 amide bonds. The molecule has 0 heterocycles. The Labute approximate surface area is 102 Å². The molecule has 9 N–H and O–H groups in total. The van der Waals surface area contributed by atoms with E-state index >= 15 is 0 Å². The Morgan fingerprint density at radius 1 is 0.438 bits per heavy atom. The fourth-order valence-corrected chi connectivity index (χ4v) is 0. The first kappa shape index (κ1) is 25.7. The average molecular weight is 400 g/mol. The van der Waals surface area contributed by atoms with Gasteiger partial charge in [-0.15, -0.1) is 0 Å². The monoisotopic (exact) mass is 400 g/mol. The van der Waals surface area contributed by atoms with Gasteiger partial charge in [0.25, 0.3) is 0 Å². The van der Waals surface area contributed by atoms with Crippen molar-refractivity contribution in [1.82, 2.24) is 0 Å². The minimum atomic E-state index is -4.64. The molecule has 0 fully saturated rings. The maximum atomic E-state index is 8.88. The van der Waals surface area contributed by atoms with Gasteiger partial charge in [0.05, 0.1) is 0 Å². The van der Waals surface area contributed by atoms with Gasteiger partial charge >= 0.3 is 23.5 Å². The van der Waals surface area contributed by atoms with E-state index in [1.54, 1.807) is 0 Å². The molecule has 0 radical (unpaired) electrons. The van der Waals surface area contributed by atoms with Crippen LogP contribution in [-0.4, -0.2) is 44.0 Å². The molecule has 0 aliphatic rings. The maximum Gasteiger partial charge on any atom is 0.466 e. The molecule has 0 aliphatic carbocycles. The Hall–Kier alpha value is 0.992. The van der Waals surface area contributed by atoms with Crippen LogP contribution in [0.1, 0.15) is 0 Å². The van der Waals surface area contributed by atoms with E-state index in [4.69, 9.17) is 57.7 Å². The van der Waals surface area contributed by atoms with Gasteiger partial charge < -0.3 is 44.0 Å². The topological polar surface area (TPSA) is 233 Å². The molecule has 12 nitrogen and oxygen atoms in total. The molecule has 0 atom stereocenters. The van der Waals surface area contributed by atoms with Gasteiger partial charge in [0, 0.05) is 20.4 Å². The molecule has 0 aromatic rings. The Morgan fingerprint density at radius 2 is 0.438 bits per heavy atom. The summed E-state index contributed by atoms with van der Waals surface area (Å²) in [4.78, 5) is 64.7. The van der Waals surface area contributed by atoms with E-state index in [1.165, 1.54) is 0 Å². The normalized spacial score (nSPS) is 11.1. The molecule has 0 saturated heterocycles. The standard InChI is InChI=1S/3H3O4P.Pd/c3*1-5(2,3)4;/h3*(H3,1,2,3,4);. The van der Waals surface area contributed by atoms with E-state index in [1.807, 2.05) is 0 Å². The van der Waals surface area contributed by atoms with Gasteiger partial charge in [-0.1, -0.05) is 0 Å². The smallest absolute Gasteiger partial charge is 0.303 e. The zero-order valence-corrected chi connectivity index (χ0v) is 11.1. The van der Waals surface area contributed by atoms with Gasteiger partial charge in [-0.05, 0) is 0 Å². The second-order valence-corrected chi connectivity index (χ2v) is 4.62. The molecule has 0 bridgehead atoms. The van der Waals surface area contributed by atoms with Crippen molar-refractivity contribution in [2.45, 2.75) is 0 Å². The summed E-state index contributed by atoms with van der Waals surface area (Å²) in [6.07, 6.45) is 0. The van der Waals surface area contributed by atoms with E-state index in [-0.39, 0.29) is 20.4 Å². The Balaban J connectivity index is -0.0000000655. The summed E-state index contributed by atoms with van der Waals surface area (Å²) in [6, 6.07) is 0. The van der Waals surface area contributed by atoms with Crippen LogP contribution in [0.25, 0.3) is 0 Å². The van der Waals surface area contributed by atoms with Gasteiger partial charge in [-0.2, -0.15) is 0 Å². The molecule has 16 heteroatoms. The second kappa shape index (κ2) is 9.97. The number of rotatable bonds is 0. The van der Waals surface area contributed by atoms with Crippen LogP contribution < -0.4 is 0 Å². The molecule has 0 aliphatic heterocycles. The molecule has 106 valence electrons. The van der Waals surface area contributed by atoms with Crippen LogP contribution in [0, 0.1) is 0 Å². The van der Waals surface area contributed by atoms with Gasteiger partial charge in [0.2, 0.25) is 0 Å². The van der Waals surface area contributed by atoms with Crippen molar-refractivity contribution in [3.63, 3.8) is 0 Å². The van der Waals surface area contributed by atoms with E-state index in [9.17, 15) is 0 Å². The van der Waals surface area contributed by atoms with E-state index < -0.39 is 23.5 Å².